The van der Waals surface area contributed by atoms with E-state index in [4.69, 9.17) is 16.3 Å². The first-order valence-corrected chi connectivity index (χ1v) is 10.5. The Kier molecular flexibility index (Phi) is 6.41. The number of halogens is 4. The molecule has 4 rings (SSSR count). The second-order valence-corrected chi connectivity index (χ2v) is 8.16. The summed E-state index contributed by atoms with van der Waals surface area (Å²) >= 11 is 5.79. The van der Waals surface area contributed by atoms with Crippen molar-refractivity contribution in [3.63, 3.8) is 0 Å². The summed E-state index contributed by atoms with van der Waals surface area (Å²) in [5, 5.41) is 7.47. The maximum atomic E-state index is 14.3. The van der Waals surface area contributed by atoms with Crippen molar-refractivity contribution in [1.82, 2.24) is 34.6 Å². The van der Waals surface area contributed by atoms with Gasteiger partial charge in [0.1, 0.15) is 6.54 Å². The van der Waals surface area contributed by atoms with Gasteiger partial charge in [0.25, 0.3) is 5.91 Å². The van der Waals surface area contributed by atoms with E-state index in [1.54, 1.807) is 14.0 Å². The zero-order valence-corrected chi connectivity index (χ0v) is 19.1. The van der Waals surface area contributed by atoms with Gasteiger partial charge in [0, 0.05) is 19.3 Å². The van der Waals surface area contributed by atoms with Crippen LogP contribution in [0.2, 0.25) is 5.02 Å². The summed E-state index contributed by atoms with van der Waals surface area (Å²) in [6.45, 7) is 2.12. The van der Waals surface area contributed by atoms with Crippen LogP contribution in [0.25, 0.3) is 11.4 Å². The second kappa shape index (κ2) is 9.14. The summed E-state index contributed by atoms with van der Waals surface area (Å²) in [5.74, 6) is -1.18. The Balaban J connectivity index is 1.68. The highest BCUT2D eigenvalue weighted by Crippen LogP contribution is 2.32. The fraction of sp³-hybridized carbons (Fsp3) is 0.400. The first-order chi connectivity index (χ1) is 16.1. The summed E-state index contributed by atoms with van der Waals surface area (Å²) in [7, 11) is 1.59. The summed E-state index contributed by atoms with van der Waals surface area (Å²) in [4.78, 5) is 30.5. The molecular formula is C20H20ClF3N8O2. The molecule has 2 atom stereocenters. The molecule has 3 aromatic heterocycles. The molecule has 0 radical (unpaired) electrons. The Morgan fingerprint density at radius 1 is 1.24 bits per heavy atom. The zero-order chi connectivity index (χ0) is 24.6. The van der Waals surface area contributed by atoms with Crippen LogP contribution in [-0.2, 0) is 11.8 Å². The third-order valence-corrected chi connectivity index (χ3v) is 5.58. The Morgan fingerprint density at radius 3 is 2.53 bits per heavy atom. The third-order valence-electron chi connectivity index (χ3n) is 5.39. The molecule has 0 saturated carbocycles. The number of aromatic nitrogens is 6. The molecule has 10 nitrogen and oxygen atoms in total. The molecule has 1 fully saturated rings. The van der Waals surface area contributed by atoms with Crippen LogP contribution in [0.3, 0.4) is 0 Å². The van der Waals surface area contributed by atoms with Gasteiger partial charge >= 0.3 is 6.11 Å². The average molecular weight is 497 g/mol. The van der Waals surface area contributed by atoms with Gasteiger partial charge < -0.3 is 15.0 Å². The van der Waals surface area contributed by atoms with Crippen molar-refractivity contribution in [2.45, 2.75) is 32.1 Å². The number of rotatable bonds is 5. The lowest BCUT2D eigenvalue weighted by molar-refractivity contribution is -0.298. The summed E-state index contributed by atoms with van der Waals surface area (Å²) in [6, 6.07) is -0.823. The molecule has 1 saturated heterocycles. The number of carbonyl (C=O) groups excluding carboxylic acids is 1. The van der Waals surface area contributed by atoms with Crippen molar-refractivity contribution in [3.8, 4) is 11.4 Å². The minimum Gasteiger partial charge on any atom is -0.352 e. The zero-order valence-electron chi connectivity index (χ0n) is 18.3. The molecule has 14 heteroatoms. The number of nitrogens with zero attached hydrogens (tertiary/aromatic N) is 7. The van der Waals surface area contributed by atoms with Gasteiger partial charge in [-0.15, -0.1) is 0 Å². The normalized spacial score (nSPS) is 19.8. The van der Waals surface area contributed by atoms with Gasteiger partial charge in [0.15, 0.2) is 17.3 Å². The minimum atomic E-state index is -3.57. The Labute approximate surface area is 197 Å². The van der Waals surface area contributed by atoms with Crippen LogP contribution >= 0.6 is 11.6 Å². The van der Waals surface area contributed by atoms with E-state index in [1.165, 1.54) is 24.0 Å². The second-order valence-electron chi connectivity index (χ2n) is 7.72. The Hall–Kier alpha value is -3.32. The number of alkyl halides is 2. The van der Waals surface area contributed by atoms with Gasteiger partial charge in [-0.1, -0.05) is 11.6 Å². The molecule has 1 unspecified atom stereocenters. The molecule has 180 valence electrons. The number of anilines is 1. The van der Waals surface area contributed by atoms with Crippen LogP contribution in [0.5, 0.6) is 0 Å². The number of nitrogens with one attached hydrogen (secondary N) is 1. The fourth-order valence-corrected chi connectivity index (χ4v) is 3.76. The summed E-state index contributed by atoms with van der Waals surface area (Å²) in [6.07, 6.45) is 0.0435. The summed E-state index contributed by atoms with van der Waals surface area (Å²) in [5.41, 5.74) is 0.597. The largest absolute Gasteiger partial charge is 0.373 e. The van der Waals surface area contributed by atoms with Gasteiger partial charge in [-0.25, -0.2) is 24.3 Å². The monoisotopic (exact) mass is 496 g/mol. The van der Waals surface area contributed by atoms with Crippen molar-refractivity contribution in [3.05, 3.63) is 47.0 Å². The van der Waals surface area contributed by atoms with Gasteiger partial charge in [-0.2, -0.15) is 13.9 Å². The first-order valence-electron chi connectivity index (χ1n) is 10.2. The van der Waals surface area contributed by atoms with Crippen molar-refractivity contribution < 1.29 is 22.7 Å². The van der Waals surface area contributed by atoms with E-state index >= 15 is 0 Å². The standard InChI is InChI=1S/C20H20ClF3N8O2/c1-10-15(17-25-6-13(22)7-26-17)16(30-31(10)3)18(33)32-9-20(23,24)34-11(2)14(32)8-29-19-27-4-12(21)5-28-19/h4-7,11,14H,8-9H2,1-3H3,(H,27,28,29)/t11-,14?/m0/s1. The van der Waals surface area contributed by atoms with Crippen LogP contribution < -0.4 is 5.32 Å². The van der Waals surface area contributed by atoms with Crippen LogP contribution in [0.4, 0.5) is 19.1 Å². The highest BCUT2D eigenvalue weighted by molar-refractivity contribution is 6.30. The SMILES string of the molecule is Cc1c(-c2ncc(F)cn2)c(C(=O)N2CC(F)(F)O[C@@H](C)C2CNc2ncc(Cl)cn2)nn1C. The molecule has 0 aliphatic carbocycles. The molecule has 4 heterocycles. The highest BCUT2D eigenvalue weighted by atomic mass is 35.5. The van der Waals surface area contributed by atoms with E-state index in [1.807, 2.05) is 0 Å². The molecule has 34 heavy (non-hydrogen) atoms. The smallest absolute Gasteiger partial charge is 0.352 e. The predicted molar refractivity (Wildman–Crippen MR) is 115 cm³/mol. The van der Waals surface area contributed by atoms with Crippen molar-refractivity contribution in [2.75, 3.05) is 18.4 Å². The quantitative estimate of drug-likeness (QED) is 0.574. The Bertz CT molecular complexity index is 1190. The van der Waals surface area contributed by atoms with Crippen LogP contribution in [0, 0.1) is 12.7 Å². The maximum Gasteiger partial charge on any atom is 0.373 e. The van der Waals surface area contributed by atoms with E-state index in [0.29, 0.717) is 10.7 Å². The number of morpholine rings is 1. The maximum absolute atomic E-state index is 14.3. The van der Waals surface area contributed by atoms with E-state index in [9.17, 15) is 18.0 Å². The van der Waals surface area contributed by atoms with E-state index < -0.39 is 36.5 Å². The molecule has 0 bridgehead atoms. The van der Waals surface area contributed by atoms with Gasteiger partial charge in [-0.3, -0.25) is 9.48 Å². The predicted octanol–water partition coefficient (Wildman–Crippen LogP) is 2.70. The van der Waals surface area contributed by atoms with Crippen molar-refractivity contribution in [1.29, 1.82) is 0 Å². The molecule has 0 spiro atoms. The van der Waals surface area contributed by atoms with Crippen LogP contribution in [0.1, 0.15) is 23.1 Å². The molecule has 3 aromatic rings. The minimum absolute atomic E-state index is 0.0127. The van der Waals surface area contributed by atoms with Gasteiger partial charge in [0.05, 0.1) is 47.5 Å². The number of ether oxygens (including phenoxy) is 1. The molecule has 0 aromatic carbocycles. The van der Waals surface area contributed by atoms with E-state index in [2.05, 4.69) is 30.4 Å². The van der Waals surface area contributed by atoms with Gasteiger partial charge in [0.2, 0.25) is 5.95 Å². The number of amides is 1. The van der Waals surface area contributed by atoms with E-state index in [-0.39, 0.29) is 29.6 Å². The number of hydrogen-bond donors (Lipinski definition) is 1. The van der Waals surface area contributed by atoms with E-state index in [0.717, 1.165) is 17.3 Å². The van der Waals surface area contributed by atoms with Crippen LogP contribution in [0.15, 0.2) is 24.8 Å². The molecular weight excluding hydrogens is 477 g/mol. The number of carbonyl (C=O) groups is 1. The first kappa shape index (κ1) is 23.8. The Morgan fingerprint density at radius 2 is 1.88 bits per heavy atom. The average Bonchev–Trinajstić information content (AvgIpc) is 3.08. The van der Waals surface area contributed by atoms with Crippen molar-refractivity contribution in [2.24, 2.45) is 7.05 Å². The topological polar surface area (TPSA) is 111 Å². The van der Waals surface area contributed by atoms with Crippen molar-refractivity contribution >= 4 is 23.5 Å². The third kappa shape index (κ3) is 4.80. The molecule has 1 aliphatic heterocycles. The molecule has 1 N–H and O–H groups in total. The fourth-order valence-electron chi connectivity index (χ4n) is 3.66. The number of hydrogen-bond acceptors (Lipinski definition) is 8. The summed E-state index contributed by atoms with van der Waals surface area (Å²) < 4.78 is 48.3. The lowest BCUT2D eigenvalue weighted by Crippen LogP contribution is -2.61. The number of aryl methyl sites for hydroxylation is 1. The molecule has 1 aliphatic rings. The molecule has 1 amide bonds. The lowest BCUT2D eigenvalue weighted by Gasteiger charge is -2.42. The lowest BCUT2D eigenvalue weighted by atomic mass is 10.1. The highest BCUT2D eigenvalue weighted by Gasteiger charge is 2.48. The van der Waals surface area contributed by atoms with Gasteiger partial charge in [-0.05, 0) is 13.8 Å². The van der Waals surface area contributed by atoms with Crippen LogP contribution in [-0.4, -0.2) is 71.9 Å².